The molecule has 0 spiro atoms. The van der Waals surface area contributed by atoms with E-state index in [1.54, 1.807) is 48.5 Å². The molecule has 1 aliphatic rings. The van der Waals surface area contributed by atoms with Crippen LogP contribution in [0, 0.1) is 0 Å². The Morgan fingerprint density at radius 1 is 1.16 bits per heavy atom. The molecule has 2 unspecified atom stereocenters. The smallest absolute Gasteiger partial charge is 0.322 e. The van der Waals surface area contributed by atoms with Crippen molar-refractivity contribution in [1.29, 1.82) is 0 Å². The molecule has 7 heteroatoms. The van der Waals surface area contributed by atoms with Gasteiger partial charge < -0.3 is 21.1 Å². The molecule has 3 rings (SSSR count). The third kappa shape index (κ3) is 3.60. The molecule has 130 valence electrons. The maximum Gasteiger partial charge on any atom is 0.322 e. The fourth-order valence-electron chi connectivity index (χ4n) is 3.04. The lowest BCUT2D eigenvalue weighted by Crippen LogP contribution is -2.45. The minimum atomic E-state index is -1.32. The van der Waals surface area contributed by atoms with Crippen molar-refractivity contribution in [2.75, 3.05) is 11.9 Å². The zero-order valence-corrected chi connectivity index (χ0v) is 14.1. The molecule has 1 aliphatic heterocycles. The van der Waals surface area contributed by atoms with Gasteiger partial charge >= 0.3 is 6.03 Å². The molecule has 2 aromatic carbocycles. The summed E-state index contributed by atoms with van der Waals surface area (Å²) >= 11 is 5.83. The SMILES string of the molecule is NC(=O)C1CC(O)(c2ccccc2)CN1C(=O)Nc1ccc(Cl)cc1. The third-order valence-electron chi connectivity index (χ3n) is 4.34. The minimum absolute atomic E-state index is 0.0238. The number of carbonyl (C=O) groups is 2. The Bertz CT molecular complexity index is 782. The Kier molecular flexibility index (Phi) is 4.65. The van der Waals surface area contributed by atoms with Gasteiger partial charge in [0.15, 0.2) is 0 Å². The number of hydrogen-bond acceptors (Lipinski definition) is 3. The van der Waals surface area contributed by atoms with E-state index in [9.17, 15) is 14.7 Å². The van der Waals surface area contributed by atoms with E-state index in [1.165, 1.54) is 4.90 Å². The first kappa shape index (κ1) is 17.3. The van der Waals surface area contributed by atoms with E-state index in [4.69, 9.17) is 17.3 Å². The van der Waals surface area contributed by atoms with Crippen molar-refractivity contribution in [3.05, 3.63) is 65.2 Å². The van der Waals surface area contributed by atoms with Crippen LogP contribution in [-0.4, -0.2) is 34.5 Å². The molecule has 3 amide bonds. The van der Waals surface area contributed by atoms with Crippen LogP contribution < -0.4 is 11.1 Å². The van der Waals surface area contributed by atoms with E-state index in [2.05, 4.69) is 5.32 Å². The summed E-state index contributed by atoms with van der Waals surface area (Å²) in [6, 6.07) is 14.1. The number of primary amides is 1. The lowest BCUT2D eigenvalue weighted by Gasteiger charge is -2.24. The van der Waals surface area contributed by atoms with Crippen LogP contribution in [-0.2, 0) is 10.4 Å². The number of anilines is 1. The molecule has 25 heavy (non-hydrogen) atoms. The van der Waals surface area contributed by atoms with Gasteiger partial charge in [-0.1, -0.05) is 41.9 Å². The van der Waals surface area contributed by atoms with Crippen LogP contribution in [0.4, 0.5) is 10.5 Å². The molecular weight excluding hydrogens is 342 g/mol. The standard InChI is InChI=1S/C18H18ClN3O3/c19-13-6-8-14(9-7-13)21-17(24)22-11-18(25,10-15(22)16(20)23)12-4-2-1-3-5-12/h1-9,15,25H,10-11H2,(H2,20,23)(H,21,24). The van der Waals surface area contributed by atoms with Gasteiger partial charge in [-0.05, 0) is 29.8 Å². The molecule has 1 fully saturated rings. The topological polar surface area (TPSA) is 95.7 Å². The summed E-state index contributed by atoms with van der Waals surface area (Å²) in [5.74, 6) is -0.655. The lowest BCUT2D eigenvalue weighted by atomic mass is 9.91. The number of aliphatic hydroxyl groups is 1. The number of nitrogens with zero attached hydrogens (tertiary/aromatic N) is 1. The summed E-state index contributed by atoms with van der Waals surface area (Å²) in [5, 5.41) is 14.2. The second-order valence-corrected chi connectivity index (χ2v) is 6.52. The van der Waals surface area contributed by atoms with Crippen LogP contribution in [0.3, 0.4) is 0 Å². The molecule has 6 nitrogen and oxygen atoms in total. The fourth-order valence-corrected chi connectivity index (χ4v) is 3.17. The van der Waals surface area contributed by atoms with Gasteiger partial charge in [0.05, 0.1) is 6.54 Å². The monoisotopic (exact) mass is 359 g/mol. The maximum absolute atomic E-state index is 12.6. The quantitative estimate of drug-likeness (QED) is 0.784. The molecule has 0 bridgehead atoms. The number of amides is 3. The second-order valence-electron chi connectivity index (χ2n) is 6.08. The Hall–Kier alpha value is -2.57. The van der Waals surface area contributed by atoms with E-state index in [0.29, 0.717) is 16.3 Å². The van der Waals surface area contributed by atoms with Crippen molar-refractivity contribution in [1.82, 2.24) is 4.90 Å². The van der Waals surface area contributed by atoms with Gasteiger partial charge in [0.25, 0.3) is 0 Å². The number of nitrogens with one attached hydrogen (secondary N) is 1. The average molecular weight is 360 g/mol. The van der Waals surface area contributed by atoms with Crippen molar-refractivity contribution in [2.24, 2.45) is 5.73 Å². The second kappa shape index (κ2) is 6.74. The van der Waals surface area contributed by atoms with Crippen LogP contribution in [0.25, 0.3) is 0 Å². The fraction of sp³-hybridized carbons (Fsp3) is 0.222. The zero-order chi connectivity index (χ0) is 18.0. The van der Waals surface area contributed by atoms with Crippen LogP contribution in [0.5, 0.6) is 0 Å². The predicted molar refractivity (Wildman–Crippen MR) is 95.1 cm³/mol. The molecule has 4 N–H and O–H groups in total. The number of urea groups is 1. The Balaban J connectivity index is 1.82. The van der Waals surface area contributed by atoms with Gasteiger partial charge in [-0.25, -0.2) is 4.79 Å². The molecule has 0 radical (unpaired) electrons. The van der Waals surface area contributed by atoms with Crippen LogP contribution in [0.1, 0.15) is 12.0 Å². The number of halogens is 1. The van der Waals surface area contributed by atoms with Gasteiger partial charge in [0, 0.05) is 17.1 Å². The number of β-amino-alcohol motifs (C(OH)–C–C–N with tert-alkyl or cyclic N) is 1. The molecule has 2 atom stereocenters. The normalized spacial score (nSPS) is 22.6. The van der Waals surface area contributed by atoms with Crippen LogP contribution in [0.2, 0.25) is 5.02 Å². The van der Waals surface area contributed by atoms with Crippen molar-refractivity contribution in [2.45, 2.75) is 18.1 Å². The highest BCUT2D eigenvalue weighted by Crippen LogP contribution is 2.36. The lowest BCUT2D eigenvalue weighted by molar-refractivity contribution is -0.121. The highest BCUT2D eigenvalue weighted by atomic mass is 35.5. The van der Waals surface area contributed by atoms with Gasteiger partial charge in [0.1, 0.15) is 11.6 Å². The average Bonchev–Trinajstić information content (AvgIpc) is 2.97. The molecular formula is C18H18ClN3O3. The van der Waals surface area contributed by atoms with Crippen molar-refractivity contribution >= 4 is 29.2 Å². The Labute approximate surface area is 150 Å². The molecule has 0 aromatic heterocycles. The summed E-state index contributed by atoms with van der Waals surface area (Å²) in [5.41, 5.74) is 5.30. The molecule has 0 aliphatic carbocycles. The highest BCUT2D eigenvalue weighted by molar-refractivity contribution is 6.30. The van der Waals surface area contributed by atoms with Gasteiger partial charge in [-0.2, -0.15) is 0 Å². The van der Waals surface area contributed by atoms with E-state index in [-0.39, 0.29) is 13.0 Å². The van der Waals surface area contributed by atoms with Gasteiger partial charge in [-0.15, -0.1) is 0 Å². The maximum atomic E-state index is 12.6. The van der Waals surface area contributed by atoms with Gasteiger partial charge in [-0.3, -0.25) is 4.79 Å². The first-order valence-corrected chi connectivity index (χ1v) is 8.17. The van der Waals surface area contributed by atoms with Crippen molar-refractivity contribution in [3.8, 4) is 0 Å². The summed E-state index contributed by atoms with van der Waals surface area (Å²) in [6.07, 6.45) is 0.0559. The number of nitrogens with two attached hydrogens (primary N) is 1. The summed E-state index contributed by atoms with van der Waals surface area (Å²) in [4.78, 5) is 25.7. The van der Waals surface area contributed by atoms with E-state index in [1.807, 2.05) is 6.07 Å². The highest BCUT2D eigenvalue weighted by Gasteiger charge is 2.48. The molecule has 1 heterocycles. The first-order chi connectivity index (χ1) is 11.9. The van der Waals surface area contributed by atoms with E-state index >= 15 is 0 Å². The predicted octanol–water partition coefficient (Wildman–Crippen LogP) is 2.32. The van der Waals surface area contributed by atoms with Crippen molar-refractivity contribution in [3.63, 3.8) is 0 Å². The third-order valence-corrected chi connectivity index (χ3v) is 4.59. The van der Waals surface area contributed by atoms with Crippen LogP contribution >= 0.6 is 11.6 Å². The Morgan fingerprint density at radius 2 is 1.80 bits per heavy atom. The summed E-state index contributed by atoms with van der Waals surface area (Å²) in [7, 11) is 0. The van der Waals surface area contributed by atoms with Crippen molar-refractivity contribution < 1.29 is 14.7 Å². The number of likely N-dealkylation sites (tertiary alicyclic amines) is 1. The summed E-state index contributed by atoms with van der Waals surface area (Å²) in [6.45, 7) is -0.0238. The first-order valence-electron chi connectivity index (χ1n) is 7.79. The van der Waals surface area contributed by atoms with E-state index in [0.717, 1.165) is 0 Å². The van der Waals surface area contributed by atoms with Gasteiger partial charge in [0.2, 0.25) is 5.91 Å². The number of rotatable bonds is 3. The minimum Gasteiger partial charge on any atom is -0.383 e. The number of benzene rings is 2. The number of carbonyl (C=O) groups excluding carboxylic acids is 2. The zero-order valence-electron chi connectivity index (χ0n) is 13.4. The molecule has 0 saturated carbocycles. The molecule has 1 saturated heterocycles. The summed E-state index contributed by atoms with van der Waals surface area (Å²) < 4.78 is 0. The number of hydrogen-bond donors (Lipinski definition) is 3. The van der Waals surface area contributed by atoms with E-state index < -0.39 is 23.6 Å². The molecule has 2 aromatic rings. The van der Waals surface area contributed by atoms with Crippen LogP contribution in [0.15, 0.2) is 54.6 Å². The largest absolute Gasteiger partial charge is 0.383 e. The Morgan fingerprint density at radius 3 is 2.40 bits per heavy atom.